The van der Waals surface area contributed by atoms with E-state index < -0.39 is 5.97 Å². The molecule has 4 rings (SSSR count). The number of nitrogens with one attached hydrogen (secondary N) is 2. The van der Waals surface area contributed by atoms with Gasteiger partial charge in [0.25, 0.3) is 5.91 Å². The molecule has 0 saturated heterocycles. The molecule has 9 nitrogen and oxygen atoms in total. The van der Waals surface area contributed by atoms with Gasteiger partial charge >= 0.3 is 5.97 Å². The number of thioether (sulfide) groups is 1. The number of aromatic nitrogens is 3. The zero-order valence-corrected chi connectivity index (χ0v) is 24.8. The van der Waals surface area contributed by atoms with Gasteiger partial charge in [0.15, 0.2) is 11.0 Å². The molecule has 1 aromatic heterocycles. The molecule has 3 aromatic carbocycles. The van der Waals surface area contributed by atoms with Crippen molar-refractivity contribution in [3.63, 3.8) is 0 Å². The van der Waals surface area contributed by atoms with Crippen LogP contribution in [0.2, 0.25) is 5.02 Å². The van der Waals surface area contributed by atoms with E-state index in [0.717, 1.165) is 15.7 Å². The predicted molar refractivity (Wildman–Crippen MR) is 158 cm³/mol. The van der Waals surface area contributed by atoms with Gasteiger partial charge in [-0.3, -0.25) is 14.2 Å². The smallest absolute Gasteiger partial charge is 0.338 e. The molecule has 0 unspecified atom stereocenters. The second-order valence-corrected chi connectivity index (χ2v) is 10.8. The van der Waals surface area contributed by atoms with Gasteiger partial charge in [-0.2, -0.15) is 0 Å². The number of hydrogen-bond acceptors (Lipinski definition) is 7. The summed E-state index contributed by atoms with van der Waals surface area (Å²) >= 11 is 10.8. The molecule has 0 bridgehead atoms. The monoisotopic (exact) mass is 641 g/mol. The fourth-order valence-corrected chi connectivity index (χ4v) is 5.03. The van der Waals surface area contributed by atoms with Crippen molar-refractivity contribution in [3.05, 3.63) is 98.7 Å². The first-order chi connectivity index (χ1) is 19.2. The van der Waals surface area contributed by atoms with Crippen molar-refractivity contribution >= 4 is 62.8 Å². The maximum atomic E-state index is 12.8. The molecule has 0 fully saturated rings. The average molecular weight is 643 g/mol. The number of aryl methyl sites for hydroxylation is 1. The third-order valence-corrected chi connectivity index (χ3v) is 7.30. The van der Waals surface area contributed by atoms with Crippen molar-refractivity contribution in [2.24, 2.45) is 0 Å². The molecule has 2 N–H and O–H groups in total. The van der Waals surface area contributed by atoms with E-state index in [0.29, 0.717) is 32.8 Å². The van der Waals surface area contributed by atoms with Crippen molar-refractivity contribution in [3.8, 4) is 5.69 Å². The number of esters is 1. The van der Waals surface area contributed by atoms with E-state index in [4.69, 9.17) is 16.3 Å². The van der Waals surface area contributed by atoms with Crippen LogP contribution in [-0.2, 0) is 16.1 Å². The second kappa shape index (κ2) is 13.6. The number of carbonyl (C=O) groups is 3. The van der Waals surface area contributed by atoms with E-state index in [9.17, 15) is 14.4 Å². The Balaban J connectivity index is 1.47. The van der Waals surface area contributed by atoms with Crippen molar-refractivity contribution in [2.75, 3.05) is 17.7 Å². The van der Waals surface area contributed by atoms with E-state index >= 15 is 0 Å². The molecule has 206 valence electrons. The molecule has 12 heteroatoms. The summed E-state index contributed by atoms with van der Waals surface area (Å²) in [4.78, 5) is 37.3. The van der Waals surface area contributed by atoms with E-state index in [1.165, 1.54) is 11.8 Å². The molecule has 0 spiro atoms. The standard InChI is InChI=1S/C28H25BrClN5O4S/c1-3-39-27(38)18-7-10-20(11-8-18)32-25(36)16-40-28-34-33-24(35(28)21-6-4-5-17(2)13-21)15-31-26(37)22-14-19(29)9-12-23(22)30/h4-14H,3,15-16H2,1-2H3,(H,31,37)(H,32,36). The Bertz CT molecular complexity index is 1540. The summed E-state index contributed by atoms with van der Waals surface area (Å²) in [5.74, 6) is -0.482. The largest absolute Gasteiger partial charge is 0.462 e. The number of amides is 2. The van der Waals surface area contributed by atoms with E-state index in [2.05, 4.69) is 36.8 Å². The first-order valence-corrected chi connectivity index (χ1v) is 14.3. The minimum absolute atomic E-state index is 0.0591. The van der Waals surface area contributed by atoms with Gasteiger partial charge in [-0.15, -0.1) is 10.2 Å². The maximum Gasteiger partial charge on any atom is 0.338 e. The number of hydrogen-bond donors (Lipinski definition) is 2. The van der Waals surface area contributed by atoms with Crippen LogP contribution in [0, 0.1) is 6.92 Å². The van der Waals surface area contributed by atoms with Crippen molar-refractivity contribution in [1.82, 2.24) is 20.1 Å². The molecule has 1 heterocycles. The van der Waals surface area contributed by atoms with Crippen LogP contribution in [0.5, 0.6) is 0 Å². The lowest BCUT2D eigenvalue weighted by atomic mass is 10.2. The summed E-state index contributed by atoms with van der Waals surface area (Å²) in [5, 5.41) is 15.1. The van der Waals surface area contributed by atoms with Crippen molar-refractivity contribution in [2.45, 2.75) is 25.5 Å². The zero-order chi connectivity index (χ0) is 28.6. The van der Waals surface area contributed by atoms with Crippen molar-refractivity contribution < 1.29 is 19.1 Å². The first-order valence-electron chi connectivity index (χ1n) is 12.2. The molecule has 0 aliphatic carbocycles. The number of benzene rings is 3. The lowest BCUT2D eigenvalue weighted by molar-refractivity contribution is -0.113. The molecule has 0 saturated carbocycles. The summed E-state index contributed by atoms with van der Waals surface area (Å²) in [5.41, 5.74) is 3.11. The highest BCUT2D eigenvalue weighted by molar-refractivity contribution is 9.10. The van der Waals surface area contributed by atoms with E-state index in [1.807, 2.05) is 35.8 Å². The van der Waals surface area contributed by atoms with Crippen LogP contribution in [0.1, 0.15) is 39.0 Å². The Labute approximate surface area is 248 Å². The highest BCUT2D eigenvalue weighted by Gasteiger charge is 2.18. The van der Waals surface area contributed by atoms with Crippen LogP contribution < -0.4 is 10.6 Å². The van der Waals surface area contributed by atoms with Gasteiger partial charge in [0, 0.05) is 15.8 Å². The number of anilines is 1. The minimum atomic E-state index is -0.418. The van der Waals surface area contributed by atoms with Gasteiger partial charge in [-0.05, 0) is 74.0 Å². The molecule has 0 radical (unpaired) electrons. The Morgan fingerprint density at radius 3 is 2.55 bits per heavy atom. The number of nitrogens with zero attached hydrogens (tertiary/aromatic N) is 3. The topological polar surface area (TPSA) is 115 Å². The Morgan fingerprint density at radius 1 is 1.05 bits per heavy atom. The number of halogens is 2. The normalized spacial score (nSPS) is 10.7. The van der Waals surface area contributed by atoms with Crippen LogP contribution in [0.15, 0.2) is 76.4 Å². The first kappa shape index (κ1) is 29.3. The van der Waals surface area contributed by atoms with Gasteiger partial charge in [0.05, 0.1) is 35.1 Å². The van der Waals surface area contributed by atoms with Crippen LogP contribution >= 0.6 is 39.3 Å². The maximum absolute atomic E-state index is 12.8. The molecule has 0 aliphatic heterocycles. The second-order valence-electron chi connectivity index (χ2n) is 8.51. The van der Waals surface area contributed by atoms with Gasteiger partial charge in [0.2, 0.25) is 5.91 Å². The zero-order valence-electron chi connectivity index (χ0n) is 21.6. The van der Waals surface area contributed by atoms with Gasteiger partial charge in [-0.1, -0.05) is 51.4 Å². The Hall–Kier alpha value is -3.67. The van der Waals surface area contributed by atoms with Crippen LogP contribution in [0.25, 0.3) is 5.69 Å². The van der Waals surface area contributed by atoms with E-state index in [1.54, 1.807) is 49.4 Å². The third kappa shape index (κ3) is 7.50. The fourth-order valence-electron chi connectivity index (χ4n) is 3.69. The molecule has 0 atom stereocenters. The van der Waals surface area contributed by atoms with Crippen LogP contribution in [0.4, 0.5) is 5.69 Å². The Morgan fingerprint density at radius 2 is 1.82 bits per heavy atom. The van der Waals surface area contributed by atoms with E-state index in [-0.39, 0.29) is 30.7 Å². The Kier molecular flexibility index (Phi) is 9.97. The molecular weight excluding hydrogens is 618 g/mol. The average Bonchev–Trinajstić information content (AvgIpc) is 3.35. The summed E-state index contributed by atoms with van der Waals surface area (Å²) < 4.78 is 7.52. The lowest BCUT2D eigenvalue weighted by Crippen LogP contribution is -2.25. The van der Waals surface area contributed by atoms with Gasteiger partial charge in [-0.25, -0.2) is 4.79 Å². The number of rotatable bonds is 10. The molecule has 0 aliphatic rings. The lowest BCUT2D eigenvalue weighted by Gasteiger charge is -2.12. The molecule has 40 heavy (non-hydrogen) atoms. The molecule has 4 aromatic rings. The summed E-state index contributed by atoms with van der Waals surface area (Å²) in [6.07, 6.45) is 0. The highest BCUT2D eigenvalue weighted by atomic mass is 79.9. The van der Waals surface area contributed by atoms with Crippen molar-refractivity contribution in [1.29, 1.82) is 0 Å². The summed E-state index contributed by atoms with van der Waals surface area (Å²) in [6.45, 7) is 4.08. The van der Waals surface area contributed by atoms with Crippen LogP contribution in [-0.4, -0.2) is 44.9 Å². The van der Waals surface area contributed by atoms with Gasteiger partial charge in [0.1, 0.15) is 0 Å². The summed E-state index contributed by atoms with van der Waals surface area (Å²) in [7, 11) is 0. The quantitative estimate of drug-likeness (QED) is 0.165. The van der Waals surface area contributed by atoms with Crippen LogP contribution in [0.3, 0.4) is 0 Å². The number of carbonyl (C=O) groups excluding carboxylic acids is 3. The molecule has 2 amide bonds. The molecular formula is C28H25BrClN5O4S. The number of ether oxygens (including phenoxy) is 1. The fraction of sp³-hybridized carbons (Fsp3) is 0.179. The third-order valence-electron chi connectivity index (χ3n) is 5.55. The van der Waals surface area contributed by atoms with Gasteiger partial charge < -0.3 is 15.4 Å². The predicted octanol–water partition coefficient (Wildman–Crippen LogP) is 5.83. The SMILES string of the molecule is CCOC(=O)c1ccc(NC(=O)CSc2nnc(CNC(=O)c3cc(Br)ccc3Cl)n2-c2cccc(C)c2)cc1. The minimum Gasteiger partial charge on any atom is -0.462 e. The highest BCUT2D eigenvalue weighted by Crippen LogP contribution is 2.24. The summed E-state index contributed by atoms with van der Waals surface area (Å²) in [6, 6.07) is 19.3.